The second kappa shape index (κ2) is 5.22. The lowest BCUT2D eigenvalue weighted by Crippen LogP contribution is -1.95. The summed E-state index contributed by atoms with van der Waals surface area (Å²) in [6.07, 6.45) is 0. The highest BCUT2D eigenvalue weighted by Gasteiger charge is 2.10. The third-order valence-electron chi connectivity index (χ3n) is 2.26. The van der Waals surface area contributed by atoms with Gasteiger partial charge in [-0.15, -0.1) is 0 Å². The van der Waals surface area contributed by atoms with Crippen LogP contribution in [0.4, 0.5) is 21.5 Å². The summed E-state index contributed by atoms with van der Waals surface area (Å²) < 4.78 is 13.0. The summed E-state index contributed by atoms with van der Waals surface area (Å²) in [5.74, 6) is -0.501. The molecule has 2 rings (SSSR count). The Kier molecular flexibility index (Phi) is 3.85. The second-order valence-corrected chi connectivity index (χ2v) is 4.83. The fraction of sp³-hybridized carbons (Fsp3) is 0. The van der Waals surface area contributed by atoms with E-state index in [1.54, 1.807) is 18.2 Å². The van der Waals surface area contributed by atoms with Gasteiger partial charge in [-0.1, -0.05) is 34.8 Å². The molecule has 3 N–H and O–H groups in total. The van der Waals surface area contributed by atoms with Crippen LogP contribution in [-0.4, -0.2) is 0 Å². The van der Waals surface area contributed by atoms with E-state index in [-0.39, 0.29) is 10.0 Å². The molecule has 0 saturated carbocycles. The quantitative estimate of drug-likeness (QED) is 0.756. The first-order chi connectivity index (χ1) is 8.47. The Hall–Kier alpha value is -1.16. The van der Waals surface area contributed by atoms with Gasteiger partial charge < -0.3 is 11.1 Å². The van der Waals surface area contributed by atoms with Gasteiger partial charge in [-0.05, 0) is 30.3 Å². The lowest BCUT2D eigenvalue weighted by Gasteiger charge is -2.12. The average Bonchev–Trinajstić information content (AvgIpc) is 2.25. The van der Waals surface area contributed by atoms with Crippen molar-refractivity contribution in [2.75, 3.05) is 11.1 Å². The topological polar surface area (TPSA) is 38.0 Å². The van der Waals surface area contributed by atoms with E-state index >= 15 is 0 Å². The molecule has 2 aromatic carbocycles. The van der Waals surface area contributed by atoms with Gasteiger partial charge in [0.15, 0.2) is 0 Å². The van der Waals surface area contributed by atoms with Crippen LogP contribution in [0.1, 0.15) is 0 Å². The van der Waals surface area contributed by atoms with Crippen molar-refractivity contribution in [3.8, 4) is 0 Å². The first-order valence-corrected chi connectivity index (χ1v) is 6.07. The van der Waals surface area contributed by atoms with Gasteiger partial charge in [-0.3, -0.25) is 0 Å². The zero-order chi connectivity index (χ0) is 13.3. The van der Waals surface area contributed by atoms with E-state index in [0.29, 0.717) is 22.1 Å². The lowest BCUT2D eigenvalue weighted by molar-refractivity contribution is 0.628. The summed E-state index contributed by atoms with van der Waals surface area (Å²) in [7, 11) is 0. The number of benzene rings is 2. The molecular formula is C12H8Cl3FN2. The Morgan fingerprint density at radius 1 is 0.944 bits per heavy atom. The monoisotopic (exact) mass is 304 g/mol. The highest BCUT2D eigenvalue weighted by atomic mass is 35.5. The van der Waals surface area contributed by atoms with Gasteiger partial charge in [0, 0.05) is 5.69 Å². The molecule has 0 aromatic heterocycles. The van der Waals surface area contributed by atoms with Gasteiger partial charge in [0.1, 0.15) is 5.82 Å². The zero-order valence-electron chi connectivity index (χ0n) is 8.98. The Morgan fingerprint density at radius 2 is 1.56 bits per heavy atom. The fourth-order valence-electron chi connectivity index (χ4n) is 1.43. The van der Waals surface area contributed by atoms with Crippen molar-refractivity contribution in [2.24, 2.45) is 0 Å². The Bertz CT molecular complexity index is 579. The highest BCUT2D eigenvalue weighted by Crippen LogP contribution is 2.36. The molecule has 0 saturated heterocycles. The molecule has 0 spiro atoms. The Balaban J connectivity index is 2.40. The molecule has 0 radical (unpaired) electrons. The van der Waals surface area contributed by atoms with Crippen LogP contribution < -0.4 is 11.1 Å². The molecule has 0 heterocycles. The van der Waals surface area contributed by atoms with Crippen molar-refractivity contribution in [2.45, 2.75) is 0 Å². The molecule has 6 heteroatoms. The minimum Gasteiger partial charge on any atom is -0.399 e. The van der Waals surface area contributed by atoms with Crippen LogP contribution in [0.15, 0.2) is 30.3 Å². The third-order valence-corrected chi connectivity index (χ3v) is 3.17. The highest BCUT2D eigenvalue weighted by molar-refractivity contribution is 6.39. The van der Waals surface area contributed by atoms with Crippen LogP contribution in [0.3, 0.4) is 0 Å². The predicted molar refractivity (Wildman–Crippen MR) is 75.6 cm³/mol. The molecule has 0 bridgehead atoms. The molecule has 0 amide bonds. The van der Waals surface area contributed by atoms with Gasteiger partial charge >= 0.3 is 0 Å². The normalized spacial score (nSPS) is 10.4. The molecule has 0 aliphatic carbocycles. The minimum atomic E-state index is -0.501. The van der Waals surface area contributed by atoms with Crippen LogP contribution in [0, 0.1) is 5.82 Å². The maximum atomic E-state index is 13.0. The molecule has 0 unspecified atom stereocenters. The number of nitrogens with one attached hydrogen (secondary N) is 1. The summed E-state index contributed by atoms with van der Waals surface area (Å²) in [6, 6.07) is 7.30. The van der Waals surface area contributed by atoms with Crippen molar-refractivity contribution in [3.63, 3.8) is 0 Å². The molecule has 0 aliphatic rings. The lowest BCUT2D eigenvalue weighted by atomic mass is 10.2. The van der Waals surface area contributed by atoms with Gasteiger partial charge in [-0.25, -0.2) is 4.39 Å². The minimum absolute atomic E-state index is 0.174. The molecule has 2 nitrogen and oxygen atoms in total. The zero-order valence-corrected chi connectivity index (χ0v) is 11.2. The third kappa shape index (κ3) is 2.80. The summed E-state index contributed by atoms with van der Waals surface area (Å²) in [5.41, 5.74) is 7.11. The van der Waals surface area contributed by atoms with E-state index < -0.39 is 5.82 Å². The maximum absolute atomic E-state index is 13.0. The number of nitrogens with two attached hydrogens (primary N) is 1. The Labute approximate surface area is 118 Å². The van der Waals surface area contributed by atoms with Crippen LogP contribution >= 0.6 is 34.8 Å². The van der Waals surface area contributed by atoms with E-state index in [2.05, 4.69) is 5.32 Å². The van der Waals surface area contributed by atoms with Gasteiger partial charge in [0.2, 0.25) is 0 Å². The van der Waals surface area contributed by atoms with Crippen molar-refractivity contribution >= 4 is 51.9 Å². The molecule has 0 fully saturated rings. The summed E-state index contributed by atoms with van der Waals surface area (Å²) in [5, 5.41) is 3.72. The standard InChI is InChI=1S/C12H8Cl3FN2/c13-8-5-7(17)1-2-11(8)18-12-9(14)3-6(16)4-10(12)15/h1-5,18H,17H2. The van der Waals surface area contributed by atoms with E-state index in [1.807, 2.05) is 0 Å². The second-order valence-electron chi connectivity index (χ2n) is 3.61. The van der Waals surface area contributed by atoms with E-state index in [4.69, 9.17) is 40.5 Å². The van der Waals surface area contributed by atoms with E-state index in [0.717, 1.165) is 0 Å². The Morgan fingerprint density at radius 3 is 2.11 bits per heavy atom. The number of hydrogen-bond donors (Lipinski definition) is 2. The largest absolute Gasteiger partial charge is 0.399 e. The van der Waals surface area contributed by atoms with Crippen LogP contribution in [0.2, 0.25) is 15.1 Å². The van der Waals surface area contributed by atoms with Gasteiger partial charge in [0.25, 0.3) is 0 Å². The number of hydrogen-bond acceptors (Lipinski definition) is 2. The molecule has 2 aromatic rings. The SMILES string of the molecule is Nc1ccc(Nc2c(Cl)cc(F)cc2Cl)c(Cl)c1. The van der Waals surface area contributed by atoms with Crippen LogP contribution in [0.5, 0.6) is 0 Å². The molecule has 0 atom stereocenters. The van der Waals surface area contributed by atoms with Crippen molar-refractivity contribution in [1.82, 2.24) is 0 Å². The predicted octanol–water partition coefficient (Wildman–Crippen LogP) is 5.11. The molecule has 0 aliphatic heterocycles. The summed E-state index contributed by atoms with van der Waals surface area (Å²) >= 11 is 17.8. The number of nitrogen functional groups attached to an aromatic ring is 1. The first-order valence-electron chi connectivity index (χ1n) is 4.94. The summed E-state index contributed by atoms with van der Waals surface area (Å²) in [4.78, 5) is 0. The van der Waals surface area contributed by atoms with E-state index in [9.17, 15) is 4.39 Å². The van der Waals surface area contributed by atoms with Crippen molar-refractivity contribution < 1.29 is 4.39 Å². The summed E-state index contributed by atoms with van der Waals surface area (Å²) in [6.45, 7) is 0. The van der Waals surface area contributed by atoms with E-state index in [1.165, 1.54) is 12.1 Å². The smallest absolute Gasteiger partial charge is 0.126 e. The molecule has 94 valence electrons. The number of halogens is 4. The maximum Gasteiger partial charge on any atom is 0.126 e. The first kappa shape index (κ1) is 13.3. The van der Waals surface area contributed by atoms with Crippen LogP contribution in [0.25, 0.3) is 0 Å². The number of anilines is 3. The number of rotatable bonds is 2. The molecule has 18 heavy (non-hydrogen) atoms. The molecular weight excluding hydrogens is 298 g/mol. The van der Waals surface area contributed by atoms with Crippen molar-refractivity contribution in [3.05, 3.63) is 51.2 Å². The van der Waals surface area contributed by atoms with Crippen LogP contribution in [-0.2, 0) is 0 Å². The van der Waals surface area contributed by atoms with Gasteiger partial charge in [-0.2, -0.15) is 0 Å². The average molecular weight is 306 g/mol. The fourth-order valence-corrected chi connectivity index (χ4v) is 2.22. The van der Waals surface area contributed by atoms with Gasteiger partial charge in [0.05, 0.1) is 26.4 Å². The van der Waals surface area contributed by atoms with Crippen molar-refractivity contribution in [1.29, 1.82) is 0 Å².